The number of hydrogen-bond acceptors (Lipinski definition) is 3. The molecule has 0 N–H and O–H groups in total. The summed E-state index contributed by atoms with van der Waals surface area (Å²) < 4.78 is 3.54. The zero-order valence-corrected chi connectivity index (χ0v) is 24.6. The molecule has 0 saturated carbocycles. The minimum absolute atomic E-state index is 0.643. The second-order valence-corrected chi connectivity index (χ2v) is 11.5. The number of fused-ring (bicyclic) bond motifs is 5. The van der Waals surface area contributed by atoms with Crippen LogP contribution in [0.2, 0.25) is 0 Å². The van der Waals surface area contributed by atoms with Crippen molar-refractivity contribution >= 4 is 55.2 Å². The van der Waals surface area contributed by atoms with Gasteiger partial charge in [-0.15, -0.1) is 0 Å². The molecule has 4 nitrogen and oxygen atoms in total. The smallest absolute Gasteiger partial charge is 0.164 e. The molecule has 0 radical (unpaired) electrons. The van der Waals surface area contributed by atoms with Crippen LogP contribution in [0.5, 0.6) is 0 Å². The van der Waals surface area contributed by atoms with Crippen molar-refractivity contribution in [2.45, 2.75) is 0 Å². The van der Waals surface area contributed by atoms with E-state index < -0.39 is 0 Å². The number of halogens is 1. The summed E-state index contributed by atoms with van der Waals surface area (Å²) in [6, 6.07) is 48.6. The number of para-hydroxylation sites is 1. The highest BCUT2D eigenvalue weighted by atomic mass is 127. The van der Waals surface area contributed by atoms with Gasteiger partial charge in [0, 0.05) is 42.1 Å². The van der Waals surface area contributed by atoms with Crippen LogP contribution >= 0.6 is 22.6 Å². The van der Waals surface area contributed by atoms with E-state index in [1.54, 1.807) is 0 Å². The van der Waals surface area contributed by atoms with Gasteiger partial charge in [0.25, 0.3) is 0 Å². The minimum Gasteiger partial charge on any atom is -0.309 e. The van der Waals surface area contributed by atoms with Gasteiger partial charge in [-0.2, -0.15) is 0 Å². The molecule has 8 aromatic rings. The topological polar surface area (TPSA) is 43.6 Å². The molecule has 42 heavy (non-hydrogen) atoms. The van der Waals surface area contributed by atoms with Gasteiger partial charge in [-0.1, -0.05) is 109 Å². The Kier molecular flexibility index (Phi) is 6.04. The largest absolute Gasteiger partial charge is 0.309 e. The molecule has 0 atom stereocenters. The molecule has 198 valence electrons. The first kappa shape index (κ1) is 24.9. The molecule has 0 bridgehead atoms. The van der Waals surface area contributed by atoms with Crippen LogP contribution < -0.4 is 0 Å². The Labute approximate surface area is 256 Å². The zero-order chi connectivity index (χ0) is 28.0. The van der Waals surface area contributed by atoms with Gasteiger partial charge < -0.3 is 4.57 Å². The summed E-state index contributed by atoms with van der Waals surface area (Å²) in [5.74, 6) is 1.95. The van der Waals surface area contributed by atoms with E-state index in [9.17, 15) is 0 Å². The summed E-state index contributed by atoms with van der Waals surface area (Å²) >= 11 is 2.32. The predicted molar refractivity (Wildman–Crippen MR) is 181 cm³/mol. The Bertz CT molecular complexity index is 2250. The molecule has 5 heteroatoms. The van der Waals surface area contributed by atoms with E-state index in [4.69, 9.17) is 15.0 Å². The summed E-state index contributed by atoms with van der Waals surface area (Å²) in [4.78, 5) is 14.9. The number of rotatable bonds is 4. The van der Waals surface area contributed by atoms with Crippen LogP contribution in [0, 0.1) is 3.57 Å². The van der Waals surface area contributed by atoms with E-state index in [2.05, 4.69) is 136 Å². The monoisotopic (exact) mass is 650 g/mol. The molecular weight excluding hydrogens is 627 g/mol. The van der Waals surface area contributed by atoms with Crippen LogP contribution in [0.1, 0.15) is 0 Å². The maximum atomic E-state index is 4.99. The minimum atomic E-state index is 0.643. The second kappa shape index (κ2) is 10.2. The van der Waals surface area contributed by atoms with E-state index in [1.807, 2.05) is 30.3 Å². The first-order valence-corrected chi connectivity index (χ1v) is 14.9. The van der Waals surface area contributed by atoms with Crippen molar-refractivity contribution in [3.63, 3.8) is 0 Å². The summed E-state index contributed by atoms with van der Waals surface area (Å²) in [6.45, 7) is 0. The molecule has 0 unspecified atom stereocenters. The average molecular weight is 651 g/mol. The van der Waals surface area contributed by atoms with Gasteiger partial charge in [0.15, 0.2) is 17.5 Å². The number of hydrogen-bond donors (Lipinski definition) is 0. The predicted octanol–water partition coefficient (Wildman–Crippen LogP) is 9.73. The van der Waals surface area contributed by atoms with Crippen molar-refractivity contribution in [1.82, 2.24) is 19.5 Å². The average Bonchev–Trinajstić information content (AvgIpc) is 3.40. The number of nitrogens with zero attached hydrogens (tertiary/aromatic N) is 4. The Morgan fingerprint density at radius 2 is 1.07 bits per heavy atom. The van der Waals surface area contributed by atoms with Crippen molar-refractivity contribution < 1.29 is 0 Å². The number of aromatic nitrogens is 4. The van der Waals surface area contributed by atoms with Gasteiger partial charge in [0.2, 0.25) is 0 Å². The molecule has 0 aliphatic rings. The quantitative estimate of drug-likeness (QED) is 0.178. The Morgan fingerprint density at radius 1 is 0.452 bits per heavy atom. The van der Waals surface area contributed by atoms with Crippen molar-refractivity contribution in [2.24, 2.45) is 0 Å². The lowest BCUT2D eigenvalue weighted by Gasteiger charge is -2.12. The van der Waals surface area contributed by atoms with Gasteiger partial charge in [-0.25, -0.2) is 15.0 Å². The van der Waals surface area contributed by atoms with Gasteiger partial charge in [-0.3, -0.25) is 0 Å². The fraction of sp³-hybridized carbons (Fsp3) is 0. The third-order valence-electron chi connectivity index (χ3n) is 7.69. The first-order valence-electron chi connectivity index (χ1n) is 13.8. The molecule has 0 amide bonds. The normalized spacial score (nSPS) is 11.5. The van der Waals surface area contributed by atoms with Gasteiger partial charge in [0.05, 0.1) is 11.0 Å². The molecule has 6 aromatic carbocycles. The van der Waals surface area contributed by atoms with Crippen LogP contribution in [0.15, 0.2) is 140 Å². The maximum Gasteiger partial charge on any atom is 0.164 e. The summed E-state index contributed by atoms with van der Waals surface area (Å²) in [6.07, 6.45) is 0. The maximum absolute atomic E-state index is 4.99. The van der Waals surface area contributed by atoms with Crippen molar-refractivity contribution in [3.05, 3.63) is 143 Å². The zero-order valence-electron chi connectivity index (χ0n) is 22.4. The lowest BCUT2D eigenvalue weighted by Crippen LogP contribution is -2.01. The highest BCUT2D eigenvalue weighted by Gasteiger charge is 2.17. The Morgan fingerprint density at radius 3 is 1.86 bits per heavy atom. The molecular formula is C37H23IN4. The third-order valence-corrected chi connectivity index (χ3v) is 8.41. The lowest BCUT2D eigenvalue weighted by atomic mass is 10.1. The summed E-state index contributed by atoms with van der Waals surface area (Å²) in [5.41, 5.74) is 6.28. The Balaban J connectivity index is 1.37. The fourth-order valence-electron chi connectivity index (χ4n) is 5.73. The summed E-state index contributed by atoms with van der Waals surface area (Å²) in [5, 5.41) is 4.92. The fourth-order valence-corrected chi connectivity index (χ4v) is 6.09. The molecule has 0 spiro atoms. The SMILES string of the molecule is Ic1ccc(-c2nc(-c3ccccc3)nc(-c3cccc(-n4c5ccccc5c5ccc6ccccc6c54)c3)n2)cc1. The molecule has 0 aliphatic heterocycles. The van der Waals surface area contributed by atoms with Gasteiger partial charge in [0.1, 0.15) is 0 Å². The molecule has 0 saturated heterocycles. The van der Waals surface area contributed by atoms with Crippen molar-refractivity contribution in [1.29, 1.82) is 0 Å². The van der Waals surface area contributed by atoms with Crippen LogP contribution in [0.3, 0.4) is 0 Å². The lowest BCUT2D eigenvalue weighted by molar-refractivity contribution is 1.07. The van der Waals surface area contributed by atoms with Gasteiger partial charge in [-0.05, 0) is 58.3 Å². The van der Waals surface area contributed by atoms with Crippen LogP contribution in [0.4, 0.5) is 0 Å². The molecule has 8 rings (SSSR count). The molecule has 0 aliphatic carbocycles. The van der Waals surface area contributed by atoms with E-state index in [1.165, 1.54) is 36.1 Å². The summed E-state index contributed by atoms with van der Waals surface area (Å²) in [7, 11) is 0. The van der Waals surface area contributed by atoms with Crippen LogP contribution in [0.25, 0.3) is 72.4 Å². The highest BCUT2D eigenvalue weighted by molar-refractivity contribution is 14.1. The second-order valence-electron chi connectivity index (χ2n) is 10.3. The van der Waals surface area contributed by atoms with E-state index >= 15 is 0 Å². The van der Waals surface area contributed by atoms with Crippen LogP contribution in [-0.4, -0.2) is 19.5 Å². The highest BCUT2D eigenvalue weighted by Crippen LogP contribution is 2.37. The van der Waals surface area contributed by atoms with Gasteiger partial charge >= 0.3 is 0 Å². The number of benzene rings is 6. The van der Waals surface area contributed by atoms with Crippen molar-refractivity contribution in [2.75, 3.05) is 0 Å². The van der Waals surface area contributed by atoms with Crippen LogP contribution in [-0.2, 0) is 0 Å². The standard InChI is InChI=1S/C37H23IN4/c38-28-20-17-26(18-21-28)36-39-35(25-10-2-1-3-11-25)40-37(41-36)27-12-8-13-29(23-27)42-33-16-7-6-15-31(33)32-22-19-24-9-4-5-14-30(24)34(32)42/h1-23H. The van der Waals surface area contributed by atoms with E-state index in [0.29, 0.717) is 17.5 Å². The third kappa shape index (κ3) is 4.25. The van der Waals surface area contributed by atoms with Crippen molar-refractivity contribution in [3.8, 4) is 39.9 Å². The van der Waals surface area contributed by atoms with E-state index in [0.717, 1.165) is 22.4 Å². The van der Waals surface area contributed by atoms with E-state index in [-0.39, 0.29) is 0 Å². The molecule has 2 heterocycles. The first-order chi connectivity index (χ1) is 20.7. The molecule has 0 fully saturated rings. The Hall–Kier alpha value is -4.88. The molecule has 2 aromatic heterocycles.